The summed E-state index contributed by atoms with van der Waals surface area (Å²) in [6, 6.07) is 5.80. The number of rotatable bonds is 2. The van der Waals surface area contributed by atoms with Gasteiger partial charge in [-0.05, 0) is 49.1 Å². The molecule has 1 saturated heterocycles. The van der Waals surface area contributed by atoms with E-state index in [0.717, 1.165) is 43.9 Å². The number of hydrogen-bond acceptors (Lipinski definition) is 3. The predicted octanol–water partition coefficient (Wildman–Crippen LogP) is 1.95. The van der Waals surface area contributed by atoms with E-state index in [2.05, 4.69) is 17.6 Å². The Balaban J connectivity index is 1.69. The van der Waals surface area contributed by atoms with Gasteiger partial charge >= 0.3 is 0 Å². The fourth-order valence-electron chi connectivity index (χ4n) is 2.88. The summed E-state index contributed by atoms with van der Waals surface area (Å²) in [5, 5.41) is 6.32. The number of benzene rings is 1. The van der Waals surface area contributed by atoms with Gasteiger partial charge in [0.1, 0.15) is 5.75 Å². The molecule has 0 aliphatic carbocycles. The zero-order valence-electron chi connectivity index (χ0n) is 11.2. The molecule has 2 atom stereocenters. The van der Waals surface area contributed by atoms with Crippen molar-refractivity contribution in [1.82, 2.24) is 5.32 Å². The topological polar surface area (TPSA) is 50.4 Å². The van der Waals surface area contributed by atoms with Crippen LogP contribution < -0.4 is 15.4 Å². The zero-order valence-corrected chi connectivity index (χ0v) is 11.2. The first kappa shape index (κ1) is 12.5. The minimum absolute atomic E-state index is 0.0711. The second kappa shape index (κ2) is 5.21. The summed E-state index contributed by atoms with van der Waals surface area (Å²) in [5.41, 5.74) is 2.05. The van der Waals surface area contributed by atoms with Gasteiger partial charge in [-0.15, -0.1) is 0 Å². The number of anilines is 1. The van der Waals surface area contributed by atoms with Crippen LogP contribution in [0.2, 0.25) is 0 Å². The molecule has 2 N–H and O–H groups in total. The maximum Gasteiger partial charge on any atom is 0.241 e. The number of hydrogen-bond donors (Lipinski definition) is 2. The van der Waals surface area contributed by atoms with Gasteiger partial charge in [0.15, 0.2) is 0 Å². The number of ether oxygens (including phenoxy) is 1. The van der Waals surface area contributed by atoms with E-state index in [1.54, 1.807) is 0 Å². The average molecular weight is 260 g/mol. The lowest BCUT2D eigenvalue weighted by Crippen LogP contribution is -2.48. The van der Waals surface area contributed by atoms with Gasteiger partial charge in [0.2, 0.25) is 5.91 Å². The molecule has 0 spiro atoms. The highest BCUT2D eigenvalue weighted by atomic mass is 16.5. The van der Waals surface area contributed by atoms with Gasteiger partial charge in [-0.2, -0.15) is 0 Å². The van der Waals surface area contributed by atoms with E-state index in [1.807, 2.05) is 18.2 Å². The van der Waals surface area contributed by atoms with E-state index in [4.69, 9.17) is 4.74 Å². The van der Waals surface area contributed by atoms with Crippen molar-refractivity contribution in [3.8, 4) is 5.75 Å². The zero-order chi connectivity index (χ0) is 13.2. The van der Waals surface area contributed by atoms with Gasteiger partial charge < -0.3 is 15.4 Å². The molecule has 1 aromatic carbocycles. The van der Waals surface area contributed by atoms with Crippen molar-refractivity contribution in [2.24, 2.45) is 5.92 Å². The summed E-state index contributed by atoms with van der Waals surface area (Å²) in [6.07, 6.45) is 3.20. The molecule has 19 heavy (non-hydrogen) atoms. The third-order valence-electron chi connectivity index (χ3n) is 4.01. The lowest BCUT2D eigenvalue weighted by molar-refractivity contribution is -0.119. The molecular formula is C15H20N2O2. The summed E-state index contributed by atoms with van der Waals surface area (Å²) in [4.78, 5) is 12.3. The van der Waals surface area contributed by atoms with E-state index < -0.39 is 0 Å². The standard InChI is InChI=1S/C15H20N2O2/c1-10-3-2-7-16-14(10)15(18)17-12-4-5-13-11(9-12)6-8-19-13/h4-5,9-10,14,16H,2-3,6-8H2,1H3,(H,17,18). The van der Waals surface area contributed by atoms with Crippen LogP contribution in [0.1, 0.15) is 25.3 Å². The van der Waals surface area contributed by atoms with Crippen LogP contribution in [0.3, 0.4) is 0 Å². The van der Waals surface area contributed by atoms with E-state index in [0.29, 0.717) is 5.92 Å². The van der Waals surface area contributed by atoms with Crippen LogP contribution >= 0.6 is 0 Å². The fourth-order valence-corrected chi connectivity index (χ4v) is 2.88. The van der Waals surface area contributed by atoms with Crippen LogP contribution in [0, 0.1) is 5.92 Å². The van der Waals surface area contributed by atoms with Crippen molar-refractivity contribution < 1.29 is 9.53 Å². The number of carbonyl (C=O) groups excluding carboxylic acids is 1. The molecule has 0 bridgehead atoms. The van der Waals surface area contributed by atoms with Crippen molar-refractivity contribution >= 4 is 11.6 Å². The highest BCUT2D eigenvalue weighted by Gasteiger charge is 2.27. The number of amides is 1. The predicted molar refractivity (Wildman–Crippen MR) is 74.5 cm³/mol. The van der Waals surface area contributed by atoms with Crippen molar-refractivity contribution in [3.05, 3.63) is 23.8 Å². The molecule has 4 heteroatoms. The van der Waals surface area contributed by atoms with Crippen LogP contribution in [-0.2, 0) is 11.2 Å². The number of piperidine rings is 1. The number of carbonyl (C=O) groups is 1. The maximum absolute atomic E-state index is 12.3. The van der Waals surface area contributed by atoms with E-state index in [9.17, 15) is 4.79 Å². The Bertz CT molecular complexity index is 487. The first-order valence-electron chi connectivity index (χ1n) is 7.04. The number of nitrogens with one attached hydrogen (secondary N) is 2. The van der Waals surface area contributed by atoms with Crippen LogP contribution in [0.4, 0.5) is 5.69 Å². The third kappa shape index (κ3) is 2.59. The second-order valence-corrected chi connectivity index (χ2v) is 5.46. The highest BCUT2D eigenvalue weighted by molar-refractivity contribution is 5.95. The Labute approximate surface area is 113 Å². The van der Waals surface area contributed by atoms with Crippen LogP contribution in [0.5, 0.6) is 5.75 Å². The minimum atomic E-state index is -0.0711. The highest BCUT2D eigenvalue weighted by Crippen LogP contribution is 2.28. The molecule has 1 aromatic rings. The second-order valence-electron chi connectivity index (χ2n) is 5.46. The molecule has 2 aliphatic rings. The van der Waals surface area contributed by atoms with Gasteiger partial charge in [-0.3, -0.25) is 4.79 Å². The summed E-state index contributed by atoms with van der Waals surface area (Å²) < 4.78 is 5.47. The van der Waals surface area contributed by atoms with Crippen LogP contribution in [0.25, 0.3) is 0 Å². The molecule has 3 rings (SSSR count). The Morgan fingerprint density at radius 2 is 2.37 bits per heavy atom. The van der Waals surface area contributed by atoms with Crippen molar-refractivity contribution in [2.45, 2.75) is 32.2 Å². The molecule has 102 valence electrons. The van der Waals surface area contributed by atoms with Crippen molar-refractivity contribution in [3.63, 3.8) is 0 Å². The lowest BCUT2D eigenvalue weighted by Gasteiger charge is -2.28. The van der Waals surface area contributed by atoms with Crippen LogP contribution in [-0.4, -0.2) is 25.1 Å². The molecular weight excluding hydrogens is 240 g/mol. The largest absolute Gasteiger partial charge is 0.493 e. The third-order valence-corrected chi connectivity index (χ3v) is 4.01. The summed E-state index contributed by atoms with van der Waals surface area (Å²) in [5.74, 6) is 1.42. The normalized spacial score (nSPS) is 25.5. The Hall–Kier alpha value is -1.55. The smallest absolute Gasteiger partial charge is 0.241 e. The maximum atomic E-state index is 12.3. The molecule has 0 radical (unpaired) electrons. The van der Waals surface area contributed by atoms with Crippen molar-refractivity contribution in [2.75, 3.05) is 18.5 Å². The van der Waals surface area contributed by atoms with E-state index in [-0.39, 0.29) is 11.9 Å². The van der Waals surface area contributed by atoms with Gasteiger partial charge in [-0.1, -0.05) is 6.92 Å². The molecule has 2 heterocycles. The quantitative estimate of drug-likeness (QED) is 0.854. The molecule has 2 aliphatic heterocycles. The Morgan fingerprint density at radius 3 is 3.21 bits per heavy atom. The first-order valence-corrected chi connectivity index (χ1v) is 7.04. The molecule has 2 unspecified atom stereocenters. The van der Waals surface area contributed by atoms with E-state index >= 15 is 0 Å². The van der Waals surface area contributed by atoms with Crippen molar-refractivity contribution in [1.29, 1.82) is 0 Å². The van der Waals surface area contributed by atoms with Gasteiger partial charge in [0, 0.05) is 12.1 Å². The molecule has 1 amide bonds. The lowest BCUT2D eigenvalue weighted by atomic mass is 9.92. The average Bonchev–Trinajstić information content (AvgIpc) is 2.86. The van der Waals surface area contributed by atoms with Gasteiger partial charge in [0.05, 0.1) is 12.6 Å². The summed E-state index contributed by atoms with van der Waals surface area (Å²) in [7, 11) is 0. The van der Waals surface area contributed by atoms with Gasteiger partial charge in [0.25, 0.3) is 0 Å². The molecule has 0 aromatic heterocycles. The minimum Gasteiger partial charge on any atom is -0.493 e. The van der Waals surface area contributed by atoms with Crippen LogP contribution in [0.15, 0.2) is 18.2 Å². The summed E-state index contributed by atoms with van der Waals surface area (Å²) >= 11 is 0. The fraction of sp³-hybridized carbons (Fsp3) is 0.533. The molecule has 4 nitrogen and oxygen atoms in total. The van der Waals surface area contributed by atoms with E-state index in [1.165, 1.54) is 5.56 Å². The monoisotopic (exact) mass is 260 g/mol. The summed E-state index contributed by atoms with van der Waals surface area (Å²) in [6.45, 7) is 3.81. The molecule has 1 fully saturated rings. The number of fused-ring (bicyclic) bond motifs is 1. The first-order chi connectivity index (χ1) is 9.24. The van der Waals surface area contributed by atoms with Gasteiger partial charge in [-0.25, -0.2) is 0 Å². The Morgan fingerprint density at radius 1 is 1.47 bits per heavy atom. The molecule has 0 saturated carbocycles. The Kier molecular flexibility index (Phi) is 3.42. The SMILES string of the molecule is CC1CCCNC1C(=O)Nc1ccc2c(c1)CCO2.